The van der Waals surface area contributed by atoms with E-state index in [0.29, 0.717) is 6.07 Å². The van der Waals surface area contributed by atoms with Gasteiger partial charge in [0, 0.05) is 24.6 Å². The fraction of sp³-hybridized carbons (Fsp3) is 0.167. The van der Waals surface area contributed by atoms with Crippen molar-refractivity contribution < 1.29 is 39.5 Å². The number of sulfonamides is 1. The summed E-state index contributed by atoms with van der Waals surface area (Å²) in [4.78, 5) is 11.2. The maximum Gasteiger partial charge on any atom is 0.573 e. The van der Waals surface area contributed by atoms with E-state index >= 15 is 0 Å². The Hall–Kier alpha value is -3.22. The summed E-state index contributed by atoms with van der Waals surface area (Å²) in [7, 11) is -3.27. The number of pyridine rings is 1. The highest BCUT2D eigenvalue weighted by molar-refractivity contribution is 7.92. The third kappa shape index (κ3) is 4.93. The second kappa shape index (κ2) is 7.48. The zero-order valence-electron chi connectivity index (χ0n) is 15.4. The van der Waals surface area contributed by atoms with Crippen LogP contribution in [0.15, 0.2) is 58.2 Å². The van der Waals surface area contributed by atoms with Crippen molar-refractivity contribution in [2.45, 2.75) is 17.4 Å². The fourth-order valence-corrected chi connectivity index (χ4v) is 3.89. The molecule has 0 atom stereocenters. The molecule has 1 heterocycles. The molecule has 2 aromatic carbocycles. The molecule has 13 heteroatoms. The van der Waals surface area contributed by atoms with Gasteiger partial charge in [-0.1, -0.05) is 6.07 Å². The minimum absolute atomic E-state index is 0.153. The summed E-state index contributed by atoms with van der Waals surface area (Å²) in [6.45, 7) is 0. The van der Waals surface area contributed by atoms with E-state index in [1.807, 2.05) is 4.72 Å². The number of halogens is 6. The number of nitrogens with zero attached hydrogens (tertiary/aromatic N) is 1. The van der Waals surface area contributed by atoms with Crippen molar-refractivity contribution in [1.29, 1.82) is 0 Å². The minimum atomic E-state index is -5.00. The van der Waals surface area contributed by atoms with Gasteiger partial charge >= 0.3 is 12.5 Å². The summed E-state index contributed by atoms with van der Waals surface area (Å²) in [6, 6.07) is 7.02. The monoisotopic (exact) mass is 466 g/mol. The molecule has 0 unspecified atom stereocenters. The maximum absolute atomic E-state index is 13.4. The molecule has 0 amide bonds. The van der Waals surface area contributed by atoms with Gasteiger partial charge in [-0.05, 0) is 30.3 Å². The lowest BCUT2D eigenvalue weighted by molar-refractivity contribution is -0.274. The van der Waals surface area contributed by atoms with Crippen molar-refractivity contribution in [3.05, 3.63) is 64.4 Å². The number of anilines is 1. The largest absolute Gasteiger partial charge is 0.573 e. The molecule has 3 aromatic rings. The van der Waals surface area contributed by atoms with Crippen molar-refractivity contribution in [2.75, 3.05) is 4.72 Å². The van der Waals surface area contributed by atoms with Crippen molar-refractivity contribution in [2.24, 2.45) is 7.05 Å². The Morgan fingerprint density at radius 3 is 2.26 bits per heavy atom. The summed E-state index contributed by atoms with van der Waals surface area (Å²) in [5.41, 5.74) is -2.71. The molecular weight excluding hydrogens is 454 g/mol. The zero-order chi connectivity index (χ0) is 23.2. The number of aryl methyl sites for hydroxylation is 1. The van der Waals surface area contributed by atoms with E-state index in [-0.39, 0.29) is 11.2 Å². The fourth-order valence-electron chi connectivity index (χ4n) is 2.81. The van der Waals surface area contributed by atoms with Crippen LogP contribution in [0.3, 0.4) is 0 Å². The van der Waals surface area contributed by atoms with E-state index in [1.165, 1.54) is 7.05 Å². The molecule has 3 rings (SSSR count). The van der Waals surface area contributed by atoms with Gasteiger partial charge in [0.25, 0.3) is 15.6 Å². The highest BCUT2D eigenvalue weighted by Gasteiger charge is 2.34. The Morgan fingerprint density at radius 1 is 0.968 bits per heavy atom. The van der Waals surface area contributed by atoms with Gasteiger partial charge in [-0.3, -0.25) is 9.52 Å². The summed E-state index contributed by atoms with van der Waals surface area (Å²) >= 11 is 0. The second-order valence-corrected chi connectivity index (χ2v) is 8.00. The Bertz CT molecular complexity index is 1310. The van der Waals surface area contributed by atoms with Crippen LogP contribution in [0, 0.1) is 0 Å². The predicted octanol–water partition coefficient (Wildman–Crippen LogP) is 4.26. The first-order valence-electron chi connectivity index (χ1n) is 8.27. The lowest BCUT2D eigenvalue weighted by Crippen LogP contribution is -2.21. The Kier molecular flexibility index (Phi) is 5.42. The third-order valence-electron chi connectivity index (χ3n) is 4.15. The number of rotatable bonds is 4. The first kappa shape index (κ1) is 22.5. The van der Waals surface area contributed by atoms with Crippen molar-refractivity contribution in [3.8, 4) is 5.75 Å². The van der Waals surface area contributed by atoms with E-state index in [9.17, 15) is 39.6 Å². The minimum Gasteiger partial charge on any atom is -0.406 e. The van der Waals surface area contributed by atoms with Gasteiger partial charge in [0.1, 0.15) is 5.75 Å². The molecule has 6 nitrogen and oxygen atoms in total. The van der Waals surface area contributed by atoms with Gasteiger partial charge in [0.05, 0.1) is 21.7 Å². The van der Waals surface area contributed by atoms with Gasteiger partial charge < -0.3 is 9.30 Å². The van der Waals surface area contributed by atoms with Crippen LogP contribution in [-0.2, 0) is 23.2 Å². The van der Waals surface area contributed by atoms with Gasteiger partial charge in [0.2, 0.25) is 0 Å². The molecule has 0 aliphatic carbocycles. The molecule has 0 saturated carbocycles. The average Bonchev–Trinajstić information content (AvgIpc) is 2.62. The summed E-state index contributed by atoms with van der Waals surface area (Å²) < 4.78 is 109. The summed E-state index contributed by atoms with van der Waals surface area (Å²) in [5, 5.41) is -0.536. The highest BCUT2D eigenvalue weighted by Crippen LogP contribution is 2.35. The van der Waals surface area contributed by atoms with E-state index in [1.54, 1.807) is 0 Å². The predicted molar refractivity (Wildman–Crippen MR) is 98.1 cm³/mol. The number of hydrogen-bond donors (Lipinski definition) is 1. The number of fused-ring (bicyclic) bond motifs is 1. The molecule has 0 radical (unpaired) electrons. The smallest absolute Gasteiger partial charge is 0.406 e. The van der Waals surface area contributed by atoms with Crippen LogP contribution in [0.2, 0.25) is 0 Å². The van der Waals surface area contributed by atoms with Crippen LogP contribution >= 0.6 is 0 Å². The first-order chi connectivity index (χ1) is 14.2. The quantitative estimate of drug-likeness (QED) is 0.583. The first-order valence-corrected chi connectivity index (χ1v) is 9.75. The Balaban J connectivity index is 2.06. The van der Waals surface area contributed by atoms with Crippen LogP contribution in [0.25, 0.3) is 10.9 Å². The van der Waals surface area contributed by atoms with Crippen LogP contribution in [0.1, 0.15) is 5.56 Å². The van der Waals surface area contributed by atoms with Crippen LogP contribution < -0.4 is 15.0 Å². The number of aromatic nitrogens is 1. The third-order valence-corrected chi connectivity index (χ3v) is 5.53. The van der Waals surface area contributed by atoms with Crippen molar-refractivity contribution >= 4 is 26.6 Å². The zero-order valence-corrected chi connectivity index (χ0v) is 16.2. The van der Waals surface area contributed by atoms with E-state index in [4.69, 9.17) is 0 Å². The average molecular weight is 466 g/mol. The lowest BCUT2D eigenvalue weighted by Gasteiger charge is -2.15. The number of alkyl halides is 6. The molecule has 0 saturated heterocycles. The normalized spacial score (nSPS) is 12.7. The van der Waals surface area contributed by atoms with Crippen LogP contribution in [0.5, 0.6) is 5.75 Å². The van der Waals surface area contributed by atoms with Crippen molar-refractivity contribution in [3.63, 3.8) is 0 Å². The second-order valence-electron chi connectivity index (χ2n) is 6.31. The van der Waals surface area contributed by atoms with Gasteiger partial charge in [-0.2, -0.15) is 13.2 Å². The van der Waals surface area contributed by atoms with Gasteiger partial charge in [-0.25, -0.2) is 8.42 Å². The van der Waals surface area contributed by atoms with Gasteiger partial charge in [-0.15, -0.1) is 13.2 Å². The molecular formula is C18H12F6N2O4S. The topological polar surface area (TPSA) is 77.4 Å². The molecule has 0 spiro atoms. The van der Waals surface area contributed by atoms with Crippen molar-refractivity contribution in [1.82, 2.24) is 4.57 Å². The van der Waals surface area contributed by atoms with Crippen LogP contribution in [0.4, 0.5) is 32.0 Å². The lowest BCUT2D eigenvalue weighted by atomic mass is 10.1. The highest BCUT2D eigenvalue weighted by atomic mass is 32.2. The van der Waals surface area contributed by atoms with E-state index < -0.39 is 49.7 Å². The number of benzene rings is 2. The Labute approximate surface area is 170 Å². The van der Waals surface area contributed by atoms with E-state index in [0.717, 1.165) is 47.0 Å². The number of nitrogens with one attached hydrogen (secondary N) is 1. The molecule has 166 valence electrons. The van der Waals surface area contributed by atoms with Gasteiger partial charge in [0.15, 0.2) is 0 Å². The maximum atomic E-state index is 13.4. The molecule has 1 aromatic heterocycles. The summed E-state index contributed by atoms with van der Waals surface area (Å²) in [6.07, 6.45) is -9.93. The molecule has 0 bridgehead atoms. The molecule has 0 aliphatic rings. The summed E-state index contributed by atoms with van der Waals surface area (Å²) in [5.74, 6) is -0.694. The standard InChI is InChI=1S/C18H12F6N2O4S/c1-26-15-6-5-12(8-13(15)14(9-16(26)27)17(19,20)21)31(28,29)25-10-3-2-4-11(7-10)30-18(22,23)24/h2-9,25H,1H3. The Morgan fingerprint density at radius 2 is 1.65 bits per heavy atom. The van der Waals surface area contributed by atoms with E-state index in [2.05, 4.69) is 4.74 Å². The van der Waals surface area contributed by atoms with Crippen LogP contribution in [-0.4, -0.2) is 19.3 Å². The molecule has 0 fully saturated rings. The molecule has 1 N–H and O–H groups in total. The molecule has 31 heavy (non-hydrogen) atoms. The molecule has 0 aliphatic heterocycles. The number of ether oxygens (including phenoxy) is 1. The SMILES string of the molecule is Cn1c(=O)cc(C(F)(F)F)c2cc(S(=O)(=O)Nc3cccc(OC(F)(F)F)c3)ccc21. The number of hydrogen-bond acceptors (Lipinski definition) is 4.